The molecule has 3 rings (SSSR count). The first-order valence-corrected chi connectivity index (χ1v) is 8.22. The number of nitrogens with one attached hydrogen (secondary N) is 1. The Morgan fingerprint density at radius 2 is 2.05 bits per heavy atom. The zero-order valence-corrected chi connectivity index (χ0v) is 12.9. The van der Waals surface area contributed by atoms with Crippen molar-refractivity contribution in [3.05, 3.63) is 35.9 Å². The van der Waals surface area contributed by atoms with Crippen LogP contribution in [-0.4, -0.2) is 30.1 Å². The van der Waals surface area contributed by atoms with Crippen LogP contribution in [0.5, 0.6) is 0 Å². The summed E-state index contributed by atoms with van der Waals surface area (Å²) in [6, 6.07) is 14.1. The van der Waals surface area contributed by atoms with Gasteiger partial charge in [-0.05, 0) is 51.1 Å². The molecule has 1 saturated carbocycles. The maximum absolute atomic E-state index is 9.92. The molecule has 0 amide bonds. The molecule has 1 aliphatic heterocycles. The van der Waals surface area contributed by atoms with Crippen LogP contribution in [0.1, 0.15) is 44.6 Å². The summed E-state index contributed by atoms with van der Waals surface area (Å²) in [6.45, 7) is 4.49. The molecule has 1 aliphatic carbocycles. The lowest BCUT2D eigenvalue weighted by Gasteiger charge is -2.32. The zero-order valence-electron chi connectivity index (χ0n) is 12.9. The van der Waals surface area contributed by atoms with Crippen molar-refractivity contribution in [1.29, 1.82) is 5.26 Å². The molecule has 21 heavy (non-hydrogen) atoms. The van der Waals surface area contributed by atoms with E-state index >= 15 is 0 Å². The van der Waals surface area contributed by atoms with Gasteiger partial charge in [-0.3, -0.25) is 5.32 Å². The van der Waals surface area contributed by atoms with Crippen LogP contribution in [0.3, 0.4) is 0 Å². The summed E-state index contributed by atoms with van der Waals surface area (Å²) in [7, 11) is 0. The monoisotopic (exact) mass is 283 g/mol. The standard InChI is InChI=1S/C18H25N3/c1-15-6-5-12-21(15)13-11-18(14-19,20-17-9-10-17)16-7-3-2-4-8-16/h2-4,7-8,15,17,20H,5-6,9-13H2,1H3. The molecule has 0 radical (unpaired) electrons. The summed E-state index contributed by atoms with van der Waals surface area (Å²) in [5, 5.41) is 13.5. The Labute approximate surface area is 128 Å². The van der Waals surface area contributed by atoms with Crippen molar-refractivity contribution in [2.75, 3.05) is 13.1 Å². The molecule has 2 aliphatic rings. The van der Waals surface area contributed by atoms with E-state index in [0.717, 1.165) is 18.5 Å². The van der Waals surface area contributed by atoms with E-state index in [1.165, 1.54) is 32.2 Å². The summed E-state index contributed by atoms with van der Waals surface area (Å²) in [4.78, 5) is 2.53. The summed E-state index contributed by atoms with van der Waals surface area (Å²) in [6.07, 6.45) is 5.87. The van der Waals surface area contributed by atoms with Crippen LogP contribution < -0.4 is 5.32 Å². The van der Waals surface area contributed by atoms with Crippen LogP contribution in [-0.2, 0) is 5.54 Å². The number of rotatable bonds is 6. The van der Waals surface area contributed by atoms with Crippen LogP contribution >= 0.6 is 0 Å². The average molecular weight is 283 g/mol. The third kappa shape index (κ3) is 3.28. The second kappa shape index (κ2) is 6.17. The molecular weight excluding hydrogens is 258 g/mol. The number of nitrogens with zero attached hydrogens (tertiary/aromatic N) is 2. The van der Waals surface area contributed by atoms with Gasteiger partial charge in [0.05, 0.1) is 6.07 Å². The molecule has 1 aromatic carbocycles. The highest BCUT2D eigenvalue weighted by atomic mass is 15.2. The van der Waals surface area contributed by atoms with Gasteiger partial charge in [-0.25, -0.2) is 0 Å². The van der Waals surface area contributed by atoms with Gasteiger partial charge in [0, 0.05) is 18.6 Å². The molecule has 0 aromatic heterocycles. The van der Waals surface area contributed by atoms with Gasteiger partial charge in [-0.15, -0.1) is 0 Å². The molecule has 3 nitrogen and oxygen atoms in total. The van der Waals surface area contributed by atoms with Gasteiger partial charge < -0.3 is 4.90 Å². The Morgan fingerprint density at radius 3 is 2.62 bits per heavy atom. The molecule has 1 heterocycles. The molecule has 3 heteroatoms. The van der Waals surface area contributed by atoms with Gasteiger partial charge in [0.1, 0.15) is 5.54 Å². The maximum Gasteiger partial charge on any atom is 0.133 e. The number of hydrogen-bond acceptors (Lipinski definition) is 3. The van der Waals surface area contributed by atoms with E-state index in [0.29, 0.717) is 12.1 Å². The normalized spacial score (nSPS) is 25.4. The average Bonchev–Trinajstić information content (AvgIpc) is 3.25. The first-order valence-electron chi connectivity index (χ1n) is 8.22. The Hall–Kier alpha value is -1.37. The van der Waals surface area contributed by atoms with Crippen molar-refractivity contribution < 1.29 is 0 Å². The molecule has 1 aromatic rings. The van der Waals surface area contributed by atoms with Crippen LogP contribution in [0.2, 0.25) is 0 Å². The van der Waals surface area contributed by atoms with Crippen molar-refractivity contribution >= 4 is 0 Å². The molecule has 2 unspecified atom stereocenters. The van der Waals surface area contributed by atoms with E-state index in [-0.39, 0.29) is 0 Å². The van der Waals surface area contributed by atoms with Gasteiger partial charge in [-0.1, -0.05) is 30.3 Å². The molecule has 1 saturated heterocycles. The minimum atomic E-state index is -0.523. The van der Waals surface area contributed by atoms with E-state index in [4.69, 9.17) is 0 Å². The smallest absolute Gasteiger partial charge is 0.133 e. The third-order valence-corrected chi connectivity index (χ3v) is 4.95. The lowest BCUT2D eigenvalue weighted by Crippen LogP contribution is -2.45. The minimum Gasteiger partial charge on any atom is -0.301 e. The largest absolute Gasteiger partial charge is 0.301 e. The molecule has 0 spiro atoms. The number of benzene rings is 1. The summed E-state index contributed by atoms with van der Waals surface area (Å²) in [5.74, 6) is 0. The Kier molecular flexibility index (Phi) is 4.28. The Bertz CT molecular complexity index is 503. The van der Waals surface area contributed by atoms with Gasteiger partial charge in [0.15, 0.2) is 0 Å². The van der Waals surface area contributed by atoms with Crippen LogP contribution in [0.4, 0.5) is 0 Å². The first kappa shape index (κ1) is 14.6. The molecule has 1 N–H and O–H groups in total. The van der Waals surface area contributed by atoms with Crippen LogP contribution in [0, 0.1) is 11.3 Å². The van der Waals surface area contributed by atoms with Gasteiger partial charge in [0.2, 0.25) is 0 Å². The van der Waals surface area contributed by atoms with E-state index in [2.05, 4.69) is 35.3 Å². The second-order valence-corrected chi connectivity index (χ2v) is 6.58. The van der Waals surface area contributed by atoms with Crippen molar-refractivity contribution in [3.8, 4) is 6.07 Å². The van der Waals surface area contributed by atoms with Gasteiger partial charge in [0.25, 0.3) is 0 Å². The molecule has 112 valence electrons. The fraction of sp³-hybridized carbons (Fsp3) is 0.611. The summed E-state index contributed by atoms with van der Waals surface area (Å²) < 4.78 is 0. The van der Waals surface area contributed by atoms with Crippen molar-refractivity contribution in [3.63, 3.8) is 0 Å². The minimum absolute atomic E-state index is 0.523. The van der Waals surface area contributed by atoms with E-state index in [1.54, 1.807) is 0 Å². The molecule has 2 fully saturated rings. The number of likely N-dealkylation sites (tertiary alicyclic amines) is 1. The SMILES string of the molecule is CC1CCCN1CCC(C#N)(NC1CC1)c1ccccc1. The highest BCUT2D eigenvalue weighted by Gasteiger charge is 2.38. The van der Waals surface area contributed by atoms with Gasteiger partial charge >= 0.3 is 0 Å². The van der Waals surface area contributed by atoms with Crippen LogP contribution in [0.25, 0.3) is 0 Å². The summed E-state index contributed by atoms with van der Waals surface area (Å²) in [5.41, 5.74) is 0.594. The lowest BCUT2D eigenvalue weighted by molar-refractivity contribution is 0.234. The van der Waals surface area contributed by atoms with Crippen LogP contribution in [0.15, 0.2) is 30.3 Å². The predicted octanol–water partition coefficient (Wildman–Crippen LogP) is 3.03. The Balaban J connectivity index is 1.76. The van der Waals surface area contributed by atoms with E-state index < -0.39 is 5.54 Å². The second-order valence-electron chi connectivity index (χ2n) is 6.58. The molecule has 2 atom stereocenters. The Morgan fingerprint density at radius 1 is 1.29 bits per heavy atom. The molecular formula is C18H25N3. The van der Waals surface area contributed by atoms with E-state index in [1.807, 2.05) is 18.2 Å². The third-order valence-electron chi connectivity index (χ3n) is 4.95. The first-order chi connectivity index (χ1) is 10.2. The van der Waals surface area contributed by atoms with Gasteiger partial charge in [-0.2, -0.15) is 5.26 Å². The van der Waals surface area contributed by atoms with Crippen molar-refractivity contribution in [2.45, 2.75) is 56.7 Å². The lowest BCUT2D eigenvalue weighted by atomic mass is 9.87. The fourth-order valence-corrected chi connectivity index (χ4v) is 3.39. The highest BCUT2D eigenvalue weighted by Crippen LogP contribution is 2.32. The number of hydrogen-bond donors (Lipinski definition) is 1. The zero-order chi connectivity index (χ0) is 14.7. The molecule has 0 bridgehead atoms. The fourth-order valence-electron chi connectivity index (χ4n) is 3.39. The number of nitriles is 1. The predicted molar refractivity (Wildman–Crippen MR) is 84.8 cm³/mol. The topological polar surface area (TPSA) is 39.1 Å². The highest BCUT2D eigenvalue weighted by molar-refractivity contribution is 5.32. The summed E-state index contributed by atoms with van der Waals surface area (Å²) >= 11 is 0. The van der Waals surface area contributed by atoms with E-state index in [9.17, 15) is 5.26 Å². The quantitative estimate of drug-likeness (QED) is 0.872. The van der Waals surface area contributed by atoms with Crippen molar-refractivity contribution in [1.82, 2.24) is 10.2 Å². The maximum atomic E-state index is 9.92. The van der Waals surface area contributed by atoms with Crippen molar-refractivity contribution in [2.24, 2.45) is 0 Å².